The van der Waals surface area contributed by atoms with E-state index in [-0.39, 0.29) is 5.75 Å². The molecule has 0 aliphatic rings. The third-order valence-electron chi connectivity index (χ3n) is 4.93. The zero-order valence-electron chi connectivity index (χ0n) is 15.5. The molecule has 4 aromatic rings. The van der Waals surface area contributed by atoms with E-state index in [2.05, 4.69) is 36.4 Å². The highest BCUT2D eigenvalue weighted by Gasteiger charge is 2.37. The van der Waals surface area contributed by atoms with E-state index < -0.39 is 5.60 Å². The van der Waals surface area contributed by atoms with Gasteiger partial charge in [-0.1, -0.05) is 103 Å². The first-order valence-electron chi connectivity index (χ1n) is 9.37. The second kappa shape index (κ2) is 8.12. The van der Waals surface area contributed by atoms with Gasteiger partial charge in [-0.15, -0.1) is 0 Å². The quantitative estimate of drug-likeness (QED) is 0.430. The lowest BCUT2D eigenvalue weighted by molar-refractivity contribution is 0.000232. The lowest BCUT2D eigenvalue weighted by Gasteiger charge is -2.36. The minimum atomic E-state index is -0.734. The third-order valence-corrected chi connectivity index (χ3v) is 4.93. The molecule has 0 spiro atoms. The lowest BCUT2D eigenvalue weighted by Crippen LogP contribution is -2.32. The number of rotatable bonds is 6. The van der Waals surface area contributed by atoms with E-state index in [1.165, 1.54) is 0 Å². The van der Waals surface area contributed by atoms with Gasteiger partial charge in [-0.3, -0.25) is 0 Å². The molecule has 0 saturated heterocycles. The monoisotopic (exact) mass is 366 g/mol. The SMILES string of the molecule is Oc1ccc(COC(c2ccccc2)(c2ccccc2)c2ccccc2)cc1. The van der Waals surface area contributed by atoms with Crippen LogP contribution < -0.4 is 0 Å². The summed E-state index contributed by atoms with van der Waals surface area (Å²) >= 11 is 0. The normalized spacial score (nSPS) is 11.3. The van der Waals surface area contributed by atoms with Crippen molar-refractivity contribution in [3.8, 4) is 5.75 Å². The smallest absolute Gasteiger partial charge is 0.144 e. The van der Waals surface area contributed by atoms with Gasteiger partial charge in [0.25, 0.3) is 0 Å². The van der Waals surface area contributed by atoms with Crippen molar-refractivity contribution >= 4 is 0 Å². The standard InChI is InChI=1S/C26H22O2/c27-25-18-16-21(17-19-25)20-28-26(22-10-4-1-5-11-22,23-12-6-2-7-13-23)24-14-8-3-9-15-24/h1-19,27H,20H2. The van der Waals surface area contributed by atoms with Crippen molar-refractivity contribution in [2.45, 2.75) is 12.2 Å². The van der Waals surface area contributed by atoms with Crippen LogP contribution in [0.4, 0.5) is 0 Å². The molecule has 0 bridgehead atoms. The average Bonchev–Trinajstić information content (AvgIpc) is 2.78. The van der Waals surface area contributed by atoms with Gasteiger partial charge in [0.2, 0.25) is 0 Å². The van der Waals surface area contributed by atoms with Crippen LogP contribution in [0.3, 0.4) is 0 Å². The van der Waals surface area contributed by atoms with Crippen LogP contribution in [0, 0.1) is 0 Å². The summed E-state index contributed by atoms with van der Waals surface area (Å²) in [6.07, 6.45) is 0. The van der Waals surface area contributed by atoms with Gasteiger partial charge in [0.1, 0.15) is 11.4 Å². The predicted octanol–water partition coefficient (Wildman–Crippen LogP) is 5.90. The van der Waals surface area contributed by atoms with E-state index in [1.807, 2.05) is 66.7 Å². The lowest BCUT2D eigenvalue weighted by atomic mass is 9.80. The van der Waals surface area contributed by atoms with Gasteiger partial charge >= 0.3 is 0 Å². The highest BCUT2D eigenvalue weighted by molar-refractivity contribution is 5.47. The Kier molecular flexibility index (Phi) is 5.22. The largest absolute Gasteiger partial charge is 0.508 e. The fourth-order valence-electron chi connectivity index (χ4n) is 3.55. The van der Waals surface area contributed by atoms with Crippen LogP contribution in [-0.2, 0) is 16.9 Å². The van der Waals surface area contributed by atoms with E-state index in [0.29, 0.717) is 6.61 Å². The molecule has 0 heterocycles. The molecule has 0 fully saturated rings. The summed E-state index contributed by atoms with van der Waals surface area (Å²) in [6, 6.07) is 38.1. The fraction of sp³-hybridized carbons (Fsp3) is 0.0769. The Bertz CT molecular complexity index is 898. The summed E-state index contributed by atoms with van der Waals surface area (Å²) in [6.45, 7) is 0.416. The van der Waals surface area contributed by atoms with Gasteiger partial charge in [-0.25, -0.2) is 0 Å². The molecule has 0 atom stereocenters. The molecule has 28 heavy (non-hydrogen) atoms. The van der Waals surface area contributed by atoms with Crippen LogP contribution in [0.5, 0.6) is 5.75 Å². The molecule has 138 valence electrons. The summed E-state index contributed by atoms with van der Waals surface area (Å²) in [5.74, 6) is 0.254. The summed E-state index contributed by atoms with van der Waals surface area (Å²) in [7, 11) is 0. The van der Waals surface area contributed by atoms with Gasteiger partial charge in [-0.2, -0.15) is 0 Å². The van der Waals surface area contributed by atoms with E-state index >= 15 is 0 Å². The topological polar surface area (TPSA) is 29.5 Å². The first-order valence-corrected chi connectivity index (χ1v) is 9.37. The molecule has 0 aromatic heterocycles. The van der Waals surface area contributed by atoms with Crippen LogP contribution in [0.2, 0.25) is 0 Å². The highest BCUT2D eigenvalue weighted by atomic mass is 16.5. The molecule has 0 aliphatic carbocycles. The maximum Gasteiger partial charge on any atom is 0.144 e. The predicted molar refractivity (Wildman–Crippen MR) is 112 cm³/mol. The number of ether oxygens (including phenoxy) is 1. The van der Waals surface area contributed by atoms with Crippen LogP contribution in [0.25, 0.3) is 0 Å². The van der Waals surface area contributed by atoms with Crippen LogP contribution in [0.15, 0.2) is 115 Å². The molecule has 0 amide bonds. The van der Waals surface area contributed by atoms with Crippen molar-refractivity contribution < 1.29 is 9.84 Å². The molecule has 1 N–H and O–H groups in total. The minimum absolute atomic E-state index is 0.254. The Morgan fingerprint density at radius 3 is 1.32 bits per heavy atom. The molecule has 0 saturated carbocycles. The van der Waals surface area contributed by atoms with Crippen molar-refractivity contribution in [1.29, 1.82) is 0 Å². The molecule has 0 aliphatic heterocycles. The highest BCUT2D eigenvalue weighted by Crippen LogP contribution is 2.41. The second-order valence-electron chi connectivity index (χ2n) is 6.73. The number of phenolic OH excluding ortho intramolecular Hbond substituents is 1. The van der Waals surface area contributed by atoms with Gasteiger partial charge in [0, 0.05) is 0 Å². The molecule has 2 nitrogen and oxygen atoms in total. The number of hydrogen-bond acceptors (Lipinski definition) is 2. The second-order valence-corrected chi connectivity index (χ2v) is 6.73. The maximum atomic E-state index is 9.58. The van der Waals surface area contributed by atoms with Gasteiger partial charge in [-0.05, 0) is 34.4 Å². The Balaban J connectivity index is 1.86. The Morgan fingerprint density at radius 1 is 0.536 bits per heavy atom. The molecule has 0 radical (unpaired) electrons. The van der Waals surface area contributed by atoms with E-state index in [0.717, 1.165) is 22.3 Å². The van der Waals surface area contributed by atoms with Crippen LogP contribution in [-0.4, -0.2) is 5.11 Å². The number of phenols is 1. The molecule has 0 unspecified atom stereocenters. The molecule has 4 aromatic carbocycles. The molecule has 2 heteroatoms. The van der Waals surface area contributed by atoms with Crippen molar-refractivity contribution in [2.24, 2.45) is 0 Å². The van der Waals surface area contributed by atoms with Gasteiger partial charge in [0.15, 0.2) is 0 Å². The molecular weight excluding hydrogens is 344 g/mol. The number of benzene rings is 4. The average molecular weight is 366 g/mol. The van der Waals surface area contributed by atoms with Gasteiger partial charge in [0.05, 0.1) is 6.61 Å². The summed E-state index contributed by atoms with van der Waals surface area (Å²) in [5.41, 5.74) is 3.50. The number of aromatic hydroxyl groups is 1. The summed E-state index contributed by atoms with van der Waals surface area (Å²) in [4.78, 5) is 0. The van der Waals surface area contributed by atoms with Crippen molar-refractivity contribution in [3.05, 3.63) is 138 Å². The molecular formula is C26H22O2. The minimum Gasteiger partial charge on any atom is -0.508 e. The Labute approximate surface area is 165 Å². The van der Waals surface area contributed by atoms with Crippen molar-refractivity contribution in [3.63, 3.8) is 0 Å². The zero-order valence-corrected chi connectivity index (χ0v) is 15.5. The summed E-state index contributed by atoms with van der Waals surface area (Å²) < 4.78 is 6.73. The number of hydrogen-bond donors (Lipinski definition) is 1. The van der Waals surface area contributed by atoms with E-state index in [4.69, 9.17) is 4.74 Å². The van der Waals surface area contributed by atoms with Gasteiger partial charge < -0.3 is 9.84 Å². The van der Waals surface area contributed by atoms with E-state index in [1.54, 1.807) is 12.1 Å². The zero-order chi connectivity index (χ0) is 19.2. The summed E-state index contributed by atoms with van der Waals surface area (Å²) in [5, 5.41) is 9.58. The van der Waals surface area contributed by atoms with E-state index in [9.17, 15) is 5.11 Å². The third kappa shape index (κ3) is 3.55. The maximum absolute atomic E-state index is 9.58. The fourth-order valence-corrected chi connectivity index (χ4v) is 3.55. The van der Waals surface area contributed by atoms with Crippen molar-refractivity contribution in [1.82, 2.24) is 0 Å². The first kappa shape index (κ1) is 18.0. The Hall–Kier alpha value is -3.36. The van der Waals surface area contributed by atoms with Crippen LogP contribution in [0.1, 0.15) is 22.3 Å². The van der Waals surface area contributed by atoms with Crippen LogP contribution >= 0.6 is 0 Å². The Morgan fingerprint density at radius 2 is 0.929 bits per heavy atom. The van der Waals surface area contributed by atoms with Crippen molar-refractivity contribution in [2.75, 3.05) is 0 Å². The molecule has 4 rings (SSSR count). The first-order chi connectivity index (χ1) is 13.8.